The van der Waals surface area contributed by atoms with Crippen LogP contribution in [-0.2, 0) is 11.3 Å². The van der Waals surface area contributed by atoms with Gasteiger partial charge >= 0.3 is 0 Å². The van der Waals surface area contributed by atoms with Crippen LogP contribution in [0.2, 0.25) is 0 Å². The SMILES string of the molecule is CCCCCn1ccc2cc(-c3ncc(OC)c(NC4COC4)n3)c(F)cc2c1=O. The quantitative estimate of drug-likeness (QED) is 0.570. The van der Waals surface area contributed by atoms with Crippen molar-refractivity contribution in [2.24, 2.45) is 0 Å². The summed E-state index contributed by atoms with van der Waals surface area (Å²) in [7, 11) is 1.53. The average molecular weight is 412 g/mol. The molecule has 4 rings (SSSR count). The number of pyridine rings is 1. The summed E-state index contributed by atoms with van der Waals surface area (Å²) in [6.45, 7) is 3.91. The van der Waals surface area contributed by atoms with Crippen molar-refractivity contribution >= 4 is 16.6 Å². The number of methoxy groups -OCH3 is 1. The predicted octanol–water partition coefficient (Wildman–Crippen LogP) is 3.61. The highest BCUT2D eigenvalue weighted by molar-refractivity contribution is 5.86. The van der Waals surface area contributed by atoms with Gasteiger partial charge in [0.1, 0.15) is 5.82 Å². The van der Waals surface area contributed by atoms with Gasteiger partial charge in [-0.25, -0.2) is 14.4 Å². The summed E-state index contributed by atoms with van der Waals surface area (Å²) >= 11 is 0. The lowest BCUT2D eigenvalue weighted by atomic mass is 10.1. The van der Waals surface area contributed by atoms with Crippen LogP contribution in [-0.4, -0.2) is 40.9 Å². The lowest BCUT2D eigenvalue weighted by Gasteiger charge is -2.27. The minimum Gasteiger partial charge on any atom is -0.491 e. The molecule has 0 atom stereocenters. The molecule has 1 aliphatic heterocycles. The molecule has 0 bridgehead atoms. The molecule has 1 aromatic carbocycles. The van der Waals surface area contributed by atoms with Crippen LogP contribution in [0.25, 0.3) is 22.2 Å². The van der Waals surface area contributed by atoms with Gasteiger partial charge in [0, 0.05) is 12.7 Å². The molecular weight excluding hydrogens is 387 g/mol. The van der Waals surface area contributed by atoms with Gasteiger partial charge in [0.2, 0.25) is 0 Å². The second-order valence-electron chi connectivity index (χ2n) is 7.43. The summed E-state index contributed by atoms with van der Waals surface area (Å²) < 4.78 is 27.1. The molecule has 3 heterocycles. The first-order valence-corrected chi connectivity index (χ1v) is 10.2. The number of halogens is 1. The van der Waals surface area contributed by atoms with Crippen molar-refractivity contribution in [2.45, 2.75) is 38.8 Å². The molecule has 0 aliphatic carbocycles. The minimum atomic E-state index is -0.533. The number of benzene rings is 1. The van der Waals surface area contributed by atoms with Gasteiger partial charge in [-0.1, -0.05) is 19.8 Å². The van der Waals surface area contributed by atoms with Crippen molar-refractivity contribution < 1.29 is 13.9 Å². The van der Waals surface area contributed by atoms with E-state index >= 15 is 0 Å². The maximum atomic E-state index is 15.0. The zero-order valence-corrected chi connectivity index (χ0v) is 17.2. The number of aryl methyl sites for hydroxylation is 1. The van der Waals surface area contributed by atoms with Gasteiger partial charge in [0.15, 0.2) is 17.4 Å². The first kappa shape index (κ1) is 20.3. The average Bonchev–Trinajstić information content (AvgIpc) is 2.72. The Kier molecular flexibility index (Phi) is 5.94. The van der Waals surface area contributed by atoms with Crippen molar-refractivity contribution in [1.82, 2.24) is 14.5 Å². The lowest BCUT2D eigenvalue weighted by Crippen LogP contribution is -2.40. The van der Waals surface area contributed by atoms with E-state index in [2.05, 4.69) is 22.2 Å². The summed E-state index contributed by atoms with van der Waals surface area (Å²) in [6.07, 6.45) is 6.33. The molecule has 0 saturated carbocycles. The van der Waals surface area contributed by atoms with Crippen molar-refractivity contribution in [2.75, 3.05) is 25.6 Å². The van der Waals surface area contributed by atoms with Crippen LogP contribution in [0.15, 0.2) is 35.4 Å². The zero-order valence-electron chi connectivity index (χ0n) is 17.2. The maximum absolute atomic E-state index is 15.0. The number of fused-ring (bicyclic) bond motifs is 1. The van der Waals surface area contributed by atoms with Crippen LogP contribution in [0.4, 0.5) is 10.2 Å². The molecule has 0 spiro atoms. The highest BCUT2D eigenvalue weighted by Crippen LogP contribution is 2.29. The summed E-state index contributed by atoms with van der Waals surface area (Å²) in [5.41, 5.74) is 0.0539. The second kappa shape index (κ2) is 8.79. The Hall–Kier alpha value is -3.00. The molecule has 158 valence electrons. The summed E-state index contributed by atoms with van der Waals surface area (Å²) in [5.74, 6) is 0.655. The normalized spacial score (nSPS) is 14.0. The largest absolute Gasteiger partial charge is 0.491 e. The van der Waals surface area contributed by atoms with E-state index in [0.29, 0.717) is 42.1 Å². The fraction of sp³-hybridized carbons (Fsp3) is 0.409. The van der Waals surface area contributed by atoms with Crippen molar-refractivity contribution in [3.63, 3.8) is 0 Å². The smallest absolute Gasteiger partial charge is 0.258 e. The monoisotopic (exact) mass is 412 g/mol. The van der Waals surface area contributed by atoms with Crippen LogP contribution < -0.4 is 15.6 Å². The molecule has 1 N–H and O–H groups in total. The van der Waals surface area contributed by atoms with E-state index < -0.39 is 5.82 Å². The van der Waals surface area contributed by atoms with E-state index in [-0.39, 0.29) is 23.0 Å². The number of unbranched alkanes of at least 4 members (excludes halogenated alkanes) is 2. The third-order valence-corrected chi connectivity index (χ3v) is 5.26. The van der Waals surface area contributed by atoms with Gasteiger partial charge in [0.05, 0.1) is 43.5 Å². The third-order valence-electron chi connectivity index (χ3n) is 5.26. The molecule has 1 fully saturated rings. The molecule has 3 aromatic rings. The van der Waals surface area contributed by atoms with Crippen LogP contribution in [0.3, 0.4) is 0 Å². The summed E-state index contributed by atoms with van der Waals surface area (Å²) in [5, 5.41) is 4.24. The Morgan fingerprint density at radius 1 is 1.33 bits per heavy atom. The Morgan fingerprint density at radius 3 is 2.87 bits per heavy atom. The third kappa shape index (κ3) is 4.00. The molecule has 0 amide bonds. The first-order valence-electron chi connectivity index (χ1n) is 10.2. The second-order valence-corrected chi connectivity index (χ2v) is 7.43. The molecule has 0 unspecified atom stereocenters. The Bertz CT molecular complexity index is 1110. The predicted molar refractivity (Wildman–Crippen MR) is 113 cm³/mol. The first-order chi connectivity index (χ1) is 14.6. The van der Waals surface area contributed by atoms with Gasteiger partial charge in [-0.2, -0.15) is 0 Å². The number of hydrogen-bond donors (Lipinski definition) is 1. The number of nitrogens with one attached hydrogen (secondary N) is 1. The van der Waals surface area contributed by atoms with Crippen molar-refractivity contribution in [3.05, 3.63) is 46.8 Å². The van der Waals surface area contributed by atoms with E-state index in [1.54, 1.807) is 16.8 Å². The molecule has 30 heavy (non-hydrogen) atoms. The molecule has 1 aliphatic rings. The molecule has 8 heteroatoms. The maximum Gasteiger partial charge on any atom is 0.258 e. The topological polar surface area (TPSA) is 78.3 Å². The van der Waals surface area contributed by atoms with Crippen LogP contribution in [0.5, 0.6) is 5.75 Å². The van der Waals surface area contributed by atoms with Crippen LogP contribution in [0.1, 0.15) is 26.2 Å². The fourth-order valence-corrected chi connectivity index (χ4v) is 3.45. The van der Waals surface area contributed by atoms with E-state index in [1.807, 2.05) is 6.07 Å². The fourth-order valence-electron chi connectivity index (χ4n) is 3.45. The van der Waals surface area contributed by atoms with Crippen LogP contribution >= 0.6 is 0 Å². The standard InChI is InChI=1S/C22H25FN4O3/c1-3-4-5-7-27-8-6-14-9-17(18(23)10-16(14)22(27)28)20-24-11-19(29-2)21(26-20)25-15-12-30-13-15/h6,8-11,15H,3-5,7,12-13H2,1-2H3,(H,24,25,26). The van der Waals surface area contributed by atoms with E-state index in [1.165, 1.54) is 19.4 Å². The minimum absolute atomic E-state index is 0.134. The Balaban J connectivity index is 1.70. The molecular formula is C22H25FN4O3. The van der Waals surface area contributed by atoms with E-state index in [0.717, 1.165) is 19.3 Å². The lowest BCUT2D eigenvalue weighted by molar-refractivity contribution is 0.0208. The van der Waals surface area contributed by atoms with Gasteiger partial charge in [0.25, 0.3) is 5.56 Å². The highest BCUT2D eigenvalue weighted by Gasteiger charge is 2.21. The number of aromatic nitrogens is 3. The number of nitrogens with zero attached hydrogens (tertiary/aromatic N) is 3. The van der Waals surface area contributed by atoms with Crippen LogP contribution in [0, 0.1) is 5.82 Å². The molecule has 7 nitrogen and oxygen atoms in total. The zero-order chi connectivity index (χ0) is 21.1. The van der Waals surface area contributed by atoms with Gasteiger partial charge in [-0.05, 0) is 30.0 Å². The van der Waals surface area contributed by atoms with Gasteiger partial charge in [-0.3, -0.25) is 4.79 Å². The molecule has 1 saturated heterocycles. The number of anilines is 1. The summed E-state index contributed by atoms with van der Waals surface area (Å²) in [6, 6.07) is 4.87. The van der Waals surface area contributed by atoms with Crippen molar-refractivity contribution in [1.29, 1.82) is 0 Å². The number of hydrogen-bond acceptors (Lipinski definition) is 6. The highest BCUT2D eigenvalue weighted by atomic mass is 19.1. The molecule has 2 aromatic heterocycles. The van der Waals surface area contributed by atoms with Gasteiger partial charge in [-0.15, -0.1) is 0 Å². The number of ether oxygens (including phenoxy) is 2. The summed E-state index contributed by atoms with van der Waals surface area (Å²) in [4.78, 5) is 21.5. The number of rotatable bonds is 8. The Labute approximate surface area is 173 Å². The Morgan fingerprint density at radius 2 is 2.17 bits per heavy atom. The molecule has 0 radical (unpaired) electrons. The van der Waals surface area contributed by atoms with E-state index in [4.69, 9.17) is 9.47 Å². The van der Waals surface area contributed by atoms with Gasteiger partial charge < -0.3 is 19.4 Å². The van der Waals surface area contributed by atoms with Crippen molar-refractivity contribution in [3.8, 4) is 17.1 Å². The van der Waals surface area contributed by atoms with E-state index in [9.17, 15) is 9.18 Å².